The molecule has 4 N–H and O–H groups in total. The Hall–Kier alpha value is -3.00. The smallest absolute Gasteiger partial charge is 0.261 e. The quantitative estimate of drug-likeness (QED) is 0.684. The zero-order chi connectivity index (χ0) is 16.4. The standard InChI is InChI=1S/C15H13N5O2S/c1-8(21)18-9-4-5-11-12(7-9)23-15(19-11)20-14(22)10-3-2-6-17-13(10)16/h2-7H,1H3,(H2,16,17)(H,18,21)(H,19,20,22). The molecule has 0 unspecified atom stereocenters. The summed E-state index contributed by atoms with van der Waals surface area (Å²) in [5.74, 6) is -0.342. The van der Waals surface area contributed by atoms with Crippen LogP contribution in [0.1, 0.15) is 17.3 Å². The minimum Gasteiger partial charge on any atom is -0.383 e. The normalized spacial score (nSPS) is 10.5. The first kappa shape index (κ1) is 14.9. The molecule has 0 spiro atoms. The lowest BCUT2D eigenvalue weighted by atomic mass is 10.2. The van der Waals surface area contributed by atoms with Crippen LogP contribution >= 0.6 is 11.3 Å². The molecule has 23 heavy (non-hydrogen) atoms. The van der Waals surface area contributed by atoms with E-state index in [0.29, 0.717) is 16.4 Å². The van der Waals surface area contributed by atoms with Gasteiger partial charge in [0.15, 0.2) is 5.13 Å². The maximum atomic E-state index is 12.2. The SMILES string of the molecule is CC(=O)Nc1ccc2nc(NC(=O)c3cccnc3N)sc2c1. The van der Waals surface area contributed by atoms with E-state index in [0.717, 1.165) is 10.2 Å². The molecule has 3 rings (SSSR count). The number of fused-ring (bicyclic) bond motifs is 1. The van der Waals surface area contributed by atoms with Gasteiger partial charge in [-0.2, -0.15) is 0 Å². The van der Waals surface area contributed by atoms with Crippen molar-refractivity contribution in [2.24, 2.45) is 0 Å². The number of anilines is 3. The minimum absolute atomic E-state index is 0.144. The summed E-state index contributed by atoms with van der Waals surface area (Å²) in [4.78, 5) is 31.5. The Bertz CT molecular complexity index is 906. The number of amides is 2. The predicted molar refractivity (Wildman–Crippen MR) is 90.5 cm³/mol. The summed E-state index contributed by atoms with van der Waals surface area (Å²) >= 11 is 1.31. The number of rotatable bonds is 3. The third kappa shape index (κ3) is 3.27. The van der Waals surface area contributed by atoms with Gasteiger partial charge in [0.05, 0.1) is 15.8 Å². The summed E-state index contributed by atoms with van der Waals surface area (Å²) in [6, 6.07) is 8.59. The van der Waals surface area contributed by atoms with Crippen LogP contribution in [0.5, 0.6) is 0 Å². The van der Waals surface area contributed by atoms with E-state index in [1.807, 2.05) is 6.07 Å². The molecule has 0 fully saturated rings. The van der Waals surface area contributed by atoms with Crippen molar-refractivity contribution in [1.29, 1.82) is 0 Å². The van der Waals surface area contributed by atoms with Crippen molar-refractivity contribution in [3.8, 4) is 0 Å². The molecule has 0 aliphatic heterocycles. The fraction of sp³-hybridized carbons (Fsp3) is 0.0667. The van der Waals surface area contributed by atoms with Crippen molar-refractivity contribution in [3.63, 3.8) is 0 Å². The largest absolute Gasteiger partial charge is 0.383 e. The van der Waals surface area contributed by atoms with Gasteiger partial charge in [0.1, 0.15) is 5.82 Å². The van der Waals surface area contributed by atoms with Gasteiger partial charge in [0.2, 0.25) is 5.91 Å². The third-order valence-electron chi connectivity index (χ3n) is 3.01. The van der Waals surface area contributed by atoms with Crippen molar-refractivity contribution in [2.75, 3.05) is 16.4 Å². The van der Waals surface area contributed by atoms with Gasteiger partial charge in [0, 0.05) is 18.8 Å². The second-order valence-electron chi connectivity index (χ2n) is 4.77. The molecule has 0 aliphatic carbocycles. The molecule has 7 nitrogen and oxygen atoms in total. The number of nitrogens with two attached hydrogens (primary N) is 1. The van der Waals surface area contributed by atoms with E-state index in [4.69, 9.17) is 5.73 Å². The van der Waals surface area contributed by atoms with Crippen LogP contribution in [0, 0.1) is 0 Å². The van der Waals surface area contributed by atoms with Crippen LogP contribution < -0.4 is 16.4 Å². The van der Waals surface area contributed by atoms with Gasteiger partial charge in [-0.25, -0.2) is 9.97 Å². The summed E-state index contributed by atoms with van der Waals surface area (Å²) in [5, 5.41) is 5.87. The molecular weight excluding hydrogens is 314 g/mol. The first-order chi connectivity index (χ1) is 11.0. The second-order valence-corrected chi connectivity index (χ2v) is 5.80. The molecule has 0 radical (unpaired) electrons. The van der Waals surface area contributed by atoms with Gasteiger partial charge in [-0.1, -0.05) is 11.3 Å². The Balaban J connectivity index is 1.85. The number of benzene rings is 1. The number of nitrogens with one attached hydrogen (secondary N) is 2. The van der Waals surface area contributed by atoms with Crippen LogP contribution in [0.4, 0.5) is 16.6 Å². The third-order valence-corrected chi connectivity index (χ3v) is 3.95. The molecule has 3 aromatic rings. The van der Waals surface area contributed by atoms with Crippen LogP contribution in [0.3, 0.4) is 0 Å². The number of carbonyl (C=O) groups is 2. The van der Waals surface area contributed by atoms with E-state index in [9.17, 15) is 9.59 Å². The molecule has 0 atom stereocenters. The summed E-state index contributed by atoms with van der Waals surface area (Å²) in [7, 11) is 0. The van der Waals surface area contributed by atoms with Crippen molar-refractivity contribution >= 4 is 50.0 Å². The molecule has 8 heteroatoms. The highest BCUT2D eigenvalue weighted by Crippen LogP contribution is 2.28. The zero-order valence-corrected chi connectivity index (χ0v) is 13.0. The lowest BCUT2D eigenvalue weighted by molar-refractivity contribution is -0.114. The Morgan fingerprint density at radius 1 is 1.22 bits per heavy atom. The van der Waals surface area contributed by atoms with E-state index in [2.05, 4.69) is 20.6 Å². The fourth-order valence-electron chi connectivity index (χ4n) is 2.03. The van der Waals surface area contributed by atoms with Gasteiger partial charge in [0.25, 0.3) is 5.91 Å². The van der Waals surface area contributed by atoms with E-state index >= 15 is 0 Å². The van der Waals surface area contributed by atoms with E-state index < -0.39 is 0 Å². The van der Waals surface area contributed by atoms with Gasteiger partial charge in [-0.05, 0) is 30.3 Å². The maximum Gasteiger partial charge on any atom is 0.261 e. The molecular formula is C15H13N5O2S. The summed E-state index contributed by atoms with van der Waals surface area (Å²) in [6.45, 7) is 1.45. The first-order valence-electron chi connectivity index (χ1n) is 6.73. The number of carbonyl (C=O) groups excluding carboxylic acids is 2. The average Bonchev–Trinajstić information content (AvgIpc) is 2.88. The Kier molecular flexibility index (Phi) is 3.90. The highest BCUT2D eigenvalue weighted by molar-refractivity contribution is 7.22. The monoisotopic (exact) mass is 327 g/mol. The lowest BCUT2D eigenvalue weighted by Gasteiger charge is -2.03. The maximum absolute atomic E-state index is 12.2. The van der Waals surface area contributed by atoms with Crippen molar-refractivity contribution < 1.29 is 9.59 Å². The number of aromatic nitrogens is 2. The molecule has 2 amide bonds. The number of hydrogen-bond donors (Lipinski definition) is 3. The zero-order valence-electron chi connectivity index (χ0n) is 12.2. The summed E-state index contributed by atoms with van der Waals surface area (Å²) in [6.07, 6.45) is 1.52. The lowest BCUT2D eigenvalue weighted by Crippen LogP contribution is -2.14. The molecule has 1 aromatic carbocycles. The van der Waals surface area contributed by atoms with Gasteiger partial charge in [-0.3, -0.25) is 14.9 Å². The Morgan fingerprint density at radius 3 is 2.78 bits per heavy atom. The minimum atomic E-state index is -0.364. The van der Waals surface area contributed by atoms with Crippen LogP contribution in [0.15, 0.2) is 36.5 Å². The van der Waals surface area contributed by atoms with Gasteiger partial charge in [-0.15, -0.1) is 0 Å². The molecule has 116 valence electrons. The molecule has 0 bridgehead atoms. The molecule has 0 saturated carbocycles. The first-order valence-corrected chi connectivity index (χ1v) is 7.54. The van der Waals surface area contributed by atoms with Crippen molar-refractivity contribution in [2.45, 2.75) is 6.92 Å². The number of pyridine rings is 1. The van der Waals surface area contributed by atoms with E-state index in [-0.39, 0.29) is 17.6 Å². The Labute approximate surface area is 135 Å². The van der Waals surface area contributed by atoms with E-state index in [1.54, 1.807) is 24.3 Å². The molecule has 2 heterocycles. The van der Waals surface area contributed by atoms with Gasteiger partial charge >= 0.3 is 0 Å². The van der Waals surface area contributed by atoms with Crippen molar-refractivity contribution in [3.05, 3.63) is 42.1 Å². The summed E-state index contributed by atoms with van der Waals surface area (Å²) < 4.78 is 0.853. The molecule has 0 aliphatic rings. The van der Waals surface area contributed by atoms with Crippen molar-refractivity contribution in [1.82, 2.24) is 9.97 Å². The van der Waals surface area contributed by atoms with Crippen LogP contribution in [0.2, 0.25) is 0 Å². The highest BCUT2D eigenvalue weighted by Gasteiger charge is 2.13. The van der Waals surface area contributed by atoms with Crippen LogP contribution in [-0.2, 0) is 4.79 Å². The average molecular weight is 327 g/mol. The fourth-order valence-corrected chi connectivity index (χ4v) is 2.93. The second kappa shape index (κ2) is 6.01. The molecule has 2 aromatic heterocycles. The number of nitrogens with zero attached hydrogens (tertiary/aromatic N) is 2. The highest BCUT2D eigenvalue weighted by atomic mass is 32.1. The van der Waals surface area contributed by atoms with Crippen LogP contribution in [-0.4, -0.2) is 21.8 Å². The number of thiazole rings is 1. The number of hydrogen-bond acceptors (Lipinski definition) is 6. The van der Waals surface area contributed by atoms with Gasteiger partial charge < -0.3 is 11.1 Å². The van der Waals surface area contributed by atoms with Crippen LogP contribution in [0.25, 0.3) is 10.2 Å². The van der Waals surface area contributed by atoms with E-state index in [1.165, 1.54) is 24.5 Å². The topological polar surface area (TPSA) is 110 Å². The summed E-state index contributed by atoms with van der Waals surface area (Å²) in [5.41, 5.74) is 7.40. The number of nitrogen functional groups attached to an aromatic ring is 1. The molecule has 0 saturated heterocycles. The predicted octanol–water partition coefficient (Wildman–Crippen LogP) is 2.48. The Morgan fingerprint density at radius 2 is 2.04 bits per heavy atom.